The number of sulfonamides is 1. The zero-order valence-electron chi connectivity index (χ0n) is 13.4. The lowest BCUT2D eigenvalue weighted by atomic mass is 9.69. The molecule has 1 aromatic rings. The Morgan fingerprint density at radius 1 is 1.29 bits per heavy atom. The standard InChI is InChI=1S/C15H24N2O3S/c1-9-13(10(2)20-16-9)21(18,19)17-12-8-11-6-7-15(12,5)14(11,3)4/h11-12,17H,6-8H2,1-5H3/t11-,12-,15+/m1/s1. The van der Waals surface area contributed by atoms with Gasteiger partial charge in [-0.05, 0) is 49.9 Å². The summed E-state index contributed by atoms with van der Waals surface area (Å²) in [5, 5.41) is 3.76. The molecule has 21 heavy (non-hydrogen) atoms. The summed E-state index contributed by atoms with van der Waals surface area (Å²) < 4.78 is 33.4. The molecule has 1 N–H and O–H groups in total. The molecule has 2 bridgehead atoms. The number of nitrogens with zero attached hydrogens (tertiary/aromatic N) is 1. The number of fused-ring (bicyclic) bond motifs is 2. The summed E-state index contributed by atoms with van der Waals surface area (Å²) in [6, 6.07) is -0.00931. The van der Waals surface area contributed by atoms with E-state index in [9.17, 15) is 8.42 Å². The van der Waals surface area contributed by atoms with Gasteiger partial charge in [0.05, 0.1) is 0 Å². The van der Waals surface area contributed by atoms with Gasteiger partial charge in [-0.15, -0.1) is 0 Å². The fraction of sp³-hybridized carbons (Fsp3) is 0.800. The van der Waals surface area contributed by atoms with Gasteiger partial charge in [-0.2, -0.15) is 0 Å². The molecule has 5 nitrogen and oxygen atoms in total. The highest BCUT2D eigenvalue weighted by Crippen LogP contribution is 2.65. The lowest BCUT2D eigenvalue weighted by Crippen LogP contribution is -2.46. The van der Waals surface area contributed by atoms with Gasteiger partial charge in [0.2, 0.25) is 10.0 Å². The molecule has 0 amide bonds. The van der Waals surface area contributed by atoms with E-state index >= 15 is 0 Å². The summed E-state index contributed by atoms with van der Waals surface area (Å²) in [6.07, 6.45) is 3.21. The van der Waals surface area contributed by atoms with Crippen molar-refractivity contribution in [3.8, 4) is 0 Å². The van der Waals surface area contributed by atoms with Gasteiger partial charge in [0.1, 0.15) is 10.6 Å². The third-order valence-electron chi connectivity index (χ3n) is 6.33. The molecule has 0 spiro atoms. The molecule has 1 aromatic heterocycles. The lowest BCUT2D eigenvalue weighted by molar-refractivity contribution is 0.130. The van der Waals surface area contributed by atoms with Gasteiger partial charge in [0.25, 0.3) is 0 Å². The van der Waals surface area contributed by atoms with Gasteiger partial charge in [-0.25, -0.2) is 13.1 Å². The van der Waals surface area contributed by atoms with Crippen LogP contribution in [-0.4, -0.2) is 19.6 Å². The number of rotatable bonds is 3. The third-order valence-corrected chi connectivity index (χ3v) is 8.04. The van der Waals surface area contributed by atoms with Crippen molar-refractivity contribution >= 4 is 10.0 Å². The largest absolute Gasteiger partial charge is 0.360 e. The molecular weight excluding hydrogens is 288 g/mol. The molecule has 0 saturated heterocycles. The van der Waals surface area contributed by atoms with Gasteiger partial charge in [-0.1, -0.05) is 25.9 Å². The summed E-state index contributed by atoms with van der Waals surface area (Å²) in [5.74, 6) is 0.951. The molecule has 3 atom stereocenters. The van der Waals surface area contributed by atoms with Gasteiger partial charge in [-0.3, -0.25) is 0 Å². The van der Waals surface area contributed by atoms with Crippen LogP contribution in [0.3, 0.4) is 0 Å². The van der Waals surface area contributed by atoms with E-state index in [1.165, 1.54) is 6.42 Å². The van der Waals surface area contributed by atoms with E-state index in [-0.39, 0.29) is 21.8 Å². The average molecular weight is 312 g/mol. The number of hydrogen-bond acceptors (Lipinski definition) is 4. The minimum absolute atomic E-state index is 0.00931. The number of aryl methyl sites for hydroxylation is 2. The molecule has 0 aliphatic heterocycles. The molecule has 118 valence electrons. The highest BCUT2D eigenvalue weighted by molar-refractivity contribution is 7.89. The highest BCUT2D eigenvalue weighted by Gasteiger charge is 2.62. The first-order valence-electron chi connectivity index (χ1n) is 7.55. The van der Waals surface area contributed by atoms with E-state index in [1.807, 2.05) is 0 Å². The SMILES string of the molecule is Cc1noc(C)c1S(=O)(=O)N[C@@H]1C[C@H]2CC[C@]1(C)C2(C)C. The van der Waals surface area contributed by atoms with Crippen LogP contribution >= 0.6 is 0 Å². The van der Waals surface area contributed by atoms with Crippen molar-refractivity contribution in [2.24, 2.45) is 16.7 Å². The van der Waals surface area contributed by atoms with Crippen molar-refractivity contribution in [3.05, 3.63) is 11.5 Å². The first-order valence-corrected chi connectivity index (χ1v) is 9.03. The second-order valence-electron chi connectivity index (χ2n) is 7.44. The molecule has 2 aliphatic rings. The minimum atomic E-state index is -3.58. The van der Waals surface area contributed by atoms with Gasteiger partial charge < -0.3 is 4.52 Å². The Hall–Kier alpha value is -0.880. The molecule has 0 aromatic carbocycles. The summed E-state index contributed by atoms with van der Waals surface area (Å²) >= 11 is 0. The van der Waals surface area contributed by atoms with Crippen molar-refractivity contribution in [3.63, 3.8) is 0 Å². The van der Waals surface area contributed by atoms with Crippen LogP contribution in [0.25, 0.3) is 0 Å². The summed E-state index contributed by atoms with van der Waals surface area (Å²) in [6.45, 7) is 10.1. The van der Waals surface area contributed by atoms with Crippen LogP contribution in [0.1, 0.15) is 51.5 Å². The van der Waals surface area contributed by atoms with E-state index in [0.717, 1.165) is 12.8 Å². The summed E-state index contributed by atoms with van der Waals surface area (Å²) in [4.78, 5) is 0.201. The van der Waals surface area contributed by atoms with Crippen LogP contribution in [0.5, 0.6) is 0 Å². The van der Waals surface area contributed by atoms with E-state index in [4.69, 9.17) is 4.52 Å². The first-order chi connectivity index (χ1) is 9.59. The Balaban J connectivity index is 1.92. The van der Waals surface area contributed by atoms with Crippen LogP contribution in [0, 0.1) is 30.6 Å². The molecule has 3 rings (SSSR count). The van der Waals surface area contributed by atoms with Gasteiger partial charge in [0.15, 0.2) is 5.76 Å². The molecule has 2 fully saturated rings. The molecule has 2 aliphatic carbocycles. The van der Waals surface area contributed by atoms with Crippen molar-refractivity contribution in [1.29, 1.82) is 0 Å². The zero-order chi connectivity index (χ0) is 15.6. The van der Waals surface area contributed by atoms with E-state index in [2.05, 4.69) is 30.6 Å². The average Bonchev–Trinajstić information content (AvgIpc) is 2.87. The monoisotopic (exact) mass is 312 g/mol. The van der Waals surface area contributed by atoms with Crippen molar-refractivity contribution in [2.75, 3.05) is 0 Å². The van der Waals surface area contributed by atoms with E-state index in [0.29, 0.717) is 17.4 Å². The topological polar surface area (TPSA) is 72.2 Å². The molecule has 1 heterocycles. The fourth-order valence-corrected chi connectivity index (χ4v) is 6.18. The number of aromatic nitrogens is 1. The highest BCUT2D eigenvalue weighted by atomic mass is 32.2. The summed E-state index contributed by atoms with van der Waals surface area (Å²) in [7, 11) is -3.58. The van der Waals surface area contributed by atoms with Crippen LogP contribution in [0.15, 0.2) is 9.42 Å². The minimum Gasteiger partial charge on any atom is -0.360 e. The maximum Gasteiger partial charge on any atom is 0.246 e. The van der Waals surface area contributed by atoms with Crippen LogP contribution in [0.2, 0.25) is 0 Å². The Labute approximate surface area is 126 Å². The number of hydrogen-bond donors (Lipinski definition) is 1. The molecule has 6 heteroatoms. The van der Waals surface area contributed by atoms with Crippen molar-refractivity contribution in [2.45, 2.75) is 64.8 Å². The lowest BCUT2D eigenvalue weighted by Gasteiger charge is -2.39. The first kappa shape index (κ1) is 15.0. The molecule has 0 unspecified atom stereocenters. The third kappa shape index (κ3) is 1.91. The molecule has 2 saturated carbocycles. The number of nitrogens with one attached hydrogen (secondary N) is 1. The quantitative estimate of drug-likeness (QED) is 0.931. The van der Waals surface area contributed by atoms with E-state index < -0.39 is 10.0 Å². The fourth-order valence-electron chi connectivity index (χ4n) is 4.49. The van der Waals surface area contributed by atoms with E-state index in [1.54, 1.807) is 13.8 Å². The van der Waals surface area contributed by atoms with Crippen molar-refractivity contribution < 1.29 is 12.9 Å². The smallest absolute Gasteiger partial charge is 0.246 e. The van der Waals surface area contributed by atoms with Crippen LogP contribution in [-0.2, 0) is 10.0 Å². The normalized spacial score (nSPS) is 34.5. The summed E-state index contributed by atoms with van der Waals surface area (Å²) in [5.41, 5.74) is 0.621. The van der Waals surface area contributed by atoms with Gasteiger partial charge in [0, 0.05) is 6.04 Å². The second kappa shape index (κ2) is 4.32. The Morgan fingerprint density at radius 2 is 1.95 bits per heavy atom. The van der Waals surface area contributed by atoms with Crippen LogP contribution < -0.4 is 4.72 Å². The maximum atomic E-state index is 12.7. The predicted octanol–water partition coefficient (Wildman–Crippen LogP) is 2.78. The maximum absolute atomic E-state index is 12.7. The van der Waals surface area contributed by atoms with Crippen LogP contribution in [0.4, 0.5) is 0 Å². The van der Waals surface area contributed by atoms with Crippen molar-refractivity contribution in [1.82, 2.24) is 9.88 Å². The second-order valence-corrected chi connectivity index (χ2v) is 9.09. The predicted molar refractivity (Wildman–Crippen MR) is 79.3 cm³/mol. The van der Waals surface area contributed by atoms with Gasteiger partial charge >= 0.3 is 0 Å². The zero-order valence-corrected chi connectivity index (χ0v) is 14.2. The molecular formula is C15H24N2O3S. The Kier molecular flexibility index (Phi) is 3.09. The Bertz CT molecular complexity index is 658. The Morgan fingerprint density at radius 3 is 2.38 bits per heavy atom. The molecule has 0 radical (unpaired) electrons.